The van der Waals surface area contributed by atoms with Crippen molar-refractivity contribution in [2.24, 2.45) is 0 Å². The number of aromatic nitrogens is 3. The molecule has 0 bridgehead atoms. The first-order valence-electron chi connectivity index (χ1n) is 16.1. The third-order valence-electron chi connectivity index (χ3n) is 8.31. The SMILES string of the molecule is CC(=O)c1c(OB(Oc2nc3ccccc3c(C(C)=O)c2C(C)=O)Oc2nc3ccccc3c(C(C)=O)c2C(C)=O)nc2ccccc2c1C(C)=O. The van der Waals surface area contributed by atoms with Crippen LogP contribution in [-0.4, -0.2) is 57.0 Å². The molecule has 0 radical (unpaired) electrons. The molecule has 0 saturated heterocycles. The van der Waals surface area contributed by atoms with Gasteiger partial charge in [-0.1, -0.05) is 54.6 Å². The average molecular weight is 695 g/mol. The standard InChI is InChI=1S/C39H30BN3O9/c1-19(44)31-25-13-7-10-16-28(25)41-37(34(31)22(4)47)50-40(51-38-35(23(5)48)32(20(2)45)26-14-8-11-17-29(26)42-38)52-39-36(24(6)49)33(21(3)46)27-15-9-12-18-30(27)43-39/h7-18H,1-6H3. The van der Waals surface area contributed by atoms with E-state index in [0.717, 1.165) is 0 Å². The molecule has 6 aromatic rings. The molecule has 0 atom stereocenters. The van der Waals surface area contributed by atoms with Gasteiger partial charge in [-0.2, -0.15) is 0 Å². The Kier molecular flexibility index (Phi) is 9.44. The molecule has 0 saturated carbocycles. The summed E-state index contributed by atoms with van der Waals surface area (Å²) in [7, 11) is -2.04. The highest BCUT2D eigenvalue weighted by Crippen LogP contribution is 2.34. The van der Waals surface area contributed by atoms with E-state index in [4.69, 9.17) is 14.0 Å². The number of fused-ring (bicyclic) bond motifs is 3. The molecule has 0 fully saturated rings. The van der Waals surface area contributed by atoms with Crippen LogP contribution in [0.1, 0.15) is 104 Å². The molecule has 3 aromatic carbocycles. The Morgan fingerprint density at radius 3 is 0.846 bits per heavy atom. The number of hydrogen-bond acceptors (Lipinski definition) is 12. The van der Waals surface area contributed by atoms with Gasteiger partial charge in [0.25, 0.3) is 0 Å². The Hall–Kier alpha value is -6.63. The molecule has 0 aliphatic rings. The minimum absolute atomic E-state index is 0.0334. The number of benzene rings is 3. The second-order valence-electron chi connectivity index (χ2n) is 12.0. The zero-order valence-electron chi connectivity index (χ0n) is 29.0. The zero-order chi connectivity index (χ0) is 37.4. The van der Waals surface area contributed by atoms with Gasteiger partial charge in [0.1, 0.15) is 0 Å². The highest BCUT2D eigenvalue weighted by atomic mass is 16.7. The monoisotopic (exact) mass is 695 g/mol. The van der Waals surface area contributed by atoms with Gasteiger partial charge >= 0.3 is 7.32 Å². The van der Waals surface area contributed by atoms with E-state index >= 15 is 0 Å². The molecule has 0 aliphatic carbocycles. The first-order chi connectivity index (χ1) is 24.8. The van der Waals surface area contributed by atoms with Gasteiger partial charge in [-0.15, -0.1) is 0 Å². The van der Waals surface area contributed by atoms with Crippen LogP contribution in [0.4, 0.5) is 0 Å². The van der Waals surface area contributed by atoms with Gasteiger partial charge in [-0.05, 0) is 59.7 Å². The first-order valence-corrected chi connectivity index (χ1v) is 16.1. The van der Waals surface area contributed by atoms with Crippen LogP contribution in [0.2, 0.25) is 0 Å². The van der Waals surface area contributed by atoms with E-state index in [-0.39, 0.29) is 51.0 Å². The maximum Gasteiger partial charge on any atom is 0.867 e. The molecule has 12 nitrogen and oxygen atoms in total. The molecule has 258 valence electrons. The summed E-state index contributed by atoms with van der Waals surface area (Å²) in [5, 5.41) is 1.19. The smallest absolute Gasteiger partial charge is 0.474 e. The molecule has 0 amide bonds. The van der Waals surface area contributed by atoms with Crippen LogP contribution < -0.4 is 14.0 Å². The number of ketones is 6. The van der Waals surface area contributed by atoms with E-state index in [2.05, 4.69) is 15.0 Å². The van der Waals surface area contributed by atoms with E-state index in [1.807, 2.05) is 0 Å². The minimum atomic E-state index is -2.04. The number of hydrogen-bond donors (Lipinski definition) is 0. The first kappa shape index (κ1) is 35.2. The second kappa shape index (κ2) is 13.9. The predicted molar refractivity (Wildman–Crippen MR) is 193 cm³/mol. The molecule has 52 heavy (non-hydrogen) atoms. The number of carbonyl (C=O) groups is 6. The molecule has 0 unspecified atom stereocenters. The van der Waals surface area contributed by atoms with Crippen LogP contribution in [0.5, 0.6) is 17.6 Å². The summed E-state index contributed by atoms with van der Waals surface area (Å²) in [6, 6.07) is 19.9. The van der Waals surface area contributed by atoms with Crippen molar-refractivity contribution < 1.29 is 42.7 Å². The van der Waals surface area contributed by atoms with Crippen molar-refractivity contribution in [1.82, 2.24) is 15.0 Å². The average Bonchev–Trinajstić information content (AvgIpc) is 3.09. The zero-order valence-corrected chi connectivity index (χ0v) is 29.0. The van der Waals surface area contributed by atoms with Crippen molar-refractivity contribution in [1.29, 1.82) is 0 Å². The van der Waals surface area contributed by atoms with Gasteiger partial charge in [0, 0.05) is 32.8 Å². The molecule has 0 aliphatic heterocycles. The lowest BCUT2D eigenvalue weighted by atomic mass is 9.96. The Morgan fingerprint density at radius 2 is 0.615 bits per heavy atom. The quantitative estimate of drug-likeness (QED) is 0.0944. The third-order valence-corrected chi connectivity index (χ3v) is 8.31. The number of para-hydroxylation sites is 3. The lowest BCUT2D eigenvalue weighted by Gasteiger charge is -2.21. The fourth-order valence-corrected chi connectivity index (χ4v) is 6.25. The maximum atomic E-state index is 13.2. The molecular weight excluding hydrogens is 665 g/mol. The van der Waals surface area contributed by atoms with Crippen molar-refractivity contribution in [3.8, 4) is 17.6 Å². The summed E-state index contributed by atoms with van der Waals surface area (Å²) in [5.74, 6) is -4.21. The number of pyridine rings is 3. The van der Waals surface area contributed by atoms with Crippen molar-refractivity contribution in [3.63, 3.8) is 0 Å². The fourth-order valence-electron chi connectivity index (χ4n) is 6.25. The van der Waals surface area contributed by atoms with Crippen molar-refractivity contribution in [2.75, 3.05) is 0 Å². The summed E-state index contributed by atoms with van der Waals surface area (Å²) < 4.78 is 18.6. The normalized spacial score (nSPS) is 11.0. The Labute approximate surface area is 297 Å². The van der Waals surface area contributed by atoms with E-state index in [1.165, 1.54) is 41.5 Å². The van der Waals surface area contributed by atoms with E-state index in [9.17, 15) is 28.8 Å². The van der Waals surface area contributed by atoms with Gasteiger partial charge in [0.2, 0.25) is 17.6 Å². The van der Waals surface area contributed by atoms with Crippen LogP contribution in [0.3, 0.4) is 0 Å². The van der Waals surface area contributed by atoms with E-state index in [1.54, 1.807) is 72.8 Å². The fraction of sp³-hybridized carbons (Fsp3) is 0.154. The Morgan fingerprint density at radius 1 is 0.385 bits per heavy atom. The Bertz CT molecular complexity index is 2270. The Balaban J connectivity index is 1.63. The van der Waals surface area contributed by atoms with Crippen LogP contribution >= 0.6 is 0 Å². The largest absolute Gasteiger partial charge is 0.867 e. The molecule has 0 N–H and O–H groups in total. The second-order valence-corrected chi connectivity index (χ2v) is 12.0. The van der Waals surface area contributed by atoms with E-state index < -0.39 is 42.0 Å². The summed E-state index contributed by atoms with van der Waals surface area (Å²) in [6.45, 7) is 7.59. The molecule has 0 spiro atoms. The summed E-state index contributed by atoms with van der Waals surface area (Å²) in [6.07, 6.45) is 0. The van der Waals surface area contributed by atoms with Gasteiger partial charge < -0.3 is 14.0 Å². The van der Waals surface area contributed by atoms with E-state index in [0.29, 0.717) is 32.7 Å². The summed E-state index contributed by atoms with van der Waals surface area (Å²) in [5.41, 5.74) is 0.432. The molecule has 13 heteroatoms. The molecule has 3 heterocycles. The number of nitrogens with zero attached hydrogens (tertiary/aromatic N) is 3. The third kappa shape index (κ3) is 6.39. The van der Waals surface area contributed by atoms with Crippen molar-refractivity contribution >= 4 is 74.7 Å². The number of carbonyl (C=O) groups excluding carboxylic acids is 6. The molecular formula is C39H30BN3O9. The molecule has 6 rings (SSSR count). The highest BCUT2D eigenvalue weighted by Gasteiger charge is 2.39. The van der Waals surface area contributed by atoms with Gasteiger partial charge in [-0.25, -0.2) is 15.0 Å². The van der Waals surface area contributed by atoms with Crippen LogP contribution in [0.25, 0.3) is 32.7 Å². The number of rotatable bonds is 12. The topological polar surface area (TPSA) is 169 Å². The van der Waals surface area contributed by atoms with Crippen LogP contribution in [0, 0.1) is 0 Å². The summed E-state index contributed by atoms with van der Waals surface area (Å²) >= 11 is 0. The number of Topliss-reactive ketones (excluding diaryl/α,β-unsaturated/α-hetero) is 6. The molecule has 3 aromatic heterocycles. The summed E-state index contributed by atoms with van der Waals surface area (Å²) in [4.78, 5) is 92.3. The predicted octanol–water partition coefficient (Wildman–Crippen LogP) is 7.07. The van der Waals surface area contributed by atoms with Crippen LogP contribution in [0.15, 0.2) is 72.8 Å². The maximum absolute atomic E-state index is 13.2. The van der Waals surface area contributed by atoms with Crippen molar-refractivity contribution in [2.45, 2.75) is 41.5 Å². The van der Waals surface area contributed by atoms with Gasteiger partial charge in [-0.3, -0.25) is 28.8 Å². The van der Waals surface area contributed by atoms with Crippen molar-refractivity contribution in [3.05, 3.63) is 106 Å². The minimum Gasteiger partial charge on any atom is -0.474 e. The van der Waals surface area contributed by atoms with Crippen LogP contribution in [-0.2, 0) is 0 Å². The van der Waals surface area contributed by atoms with Gasteiger partial charge in [0.05, 0.1) is 33.2 Å². The lowest BCUT2D eigenvalue weighted by Crippen LogP contribution is -2.39. The lowest BCUT2D eigenvalue weighted by molar-refractivity contribution is 0.0976. The highest BCUT2D eigenvalue weighted by molar-refractivity contribution is 6.40. The van der Waals surface area contributed by atoms with Gasteiger partial charge in [0.15, 0.2) is 34.7 Å².